The van der Waals surface area contributed by atoms with Gasteiger partial charge in [-0.3, -0.25) is 9.69 Å². The lowest BCUT2D eigenvalue weighted by Gasteiger charge is -2.22. The Balaban J connectivity index is 1.49. The molecule has 2 aromatic carbocycles. The molecule has 1 saturated heterocycles. The molecular formula is C21H22FNO. The molecule has 1 saturated carbocycles. The van der Waals surface area contributed by atoms with Gasteiger partial charge in [0, 0.05) is 31.5 Å². The van der Waals surface area contributed by atoms with Crippen molar-refractivity contribution in [1.29, 1.82) is 0 Å². The minimum Gasteiger partial charge on any atom is -0.299 e. The summed E-state index contributed by atoms with van der Waals surface area (Å²) in [6.45, 7) is 4.92. The number of nitrogens with zero attached hydrogens (tertiary/aromatic N) is 1. The molecule has 0 radical (unpaired) electrons. The molecule has 24 heavy (non-hydrogen) atoms. The minimum absolute atomic E-state index is 0.0699. The number of fused-ring (bicyclic) bond motifs is 1. The van der Waals surface area contributed by atoms with Crippen molar-refractivity contribution in [2.75, 3.05) is 13.1 Å². The summed E-state index contributed by atoms with van der Waals surface area (Å²) in [6, 6.07) is 16.9. The van der Waals surface area contributed by atoms with E-state index in [0.29, 0.717) is 17.6 Å². The zero-order valence-electron chi connectivity index (χ0n) is 13.9. The van der Waals surface area contributed by atoms with Crippen molar-refractivity contribution < 1.29 is 9.18 Å². The summed E-state index contributed by atoms with van der Waals surface area (Å²) in [6.07, 6.45) is 0. The Morgan fingerprint density at radius 2 is 1.75 bits per heavy atom. The monoisotopic (exact) mass is 323 g/mol. The van der Waals surface area contributed by atoms with Crippen LogP contribution in [-0.2, 0) is 11.3 Å². The molecule has 1 aliphatic carbocycles. The SMILES string of the molecule is CC1C(c2ccc(F)cc2)C(=O)C2CN(Cc3ccccc3)CC21. The van der Waals surface area contributed by atoms with Crippen LogP contribution in [0.4, 0.5) is 4.39 Å². The highest BCUT2D eigenvalue weighted by atomic mass is 19.1. The van der Waals surface area contributed by atoms with Gasteiger partial charge in [0.05, 0.1) is 0 Å². The molecule has 3 heteroatoms. The van der Waals surface area contributed by atoms with Crippen LogP contribution in [0, 0.1) is 23.6 Å². The van der Waals surface area contributed by atoms with Gasteiger partial charge in [0.15, 0.2) is 0 Å². The van der Waals surface area contributed by atoms with Crippen molar-refractivity contribution in [3.8, 4) is 0 Å². The van der Waals surface area contributed by atoms with Crippen LogP contribution in [0.25, 0.3) is 0 Å². The molecule has 2 fully saturated rings. The topological polar surface area (TPSA) is 20.3 Å². The molecule has 4 rings (SSSR count). The maximum absolute atomic E-state index is 13.2. The quantitative estimate of drug-likeness (QED) is 0.854. The molecule has 124 valence electrons. The highest BCUT2D eigenvalue weighted by Gasteiger charge is 2.52. The second kappa shape index (κ2) is 6.14. The smallest absolute Gasteiger partial charge is 0.145 e. The van der Waals surface area contributed by atoms with Crippen LogP contribution >= 0.6 is 0 Å². The summed E-state index contributed by atoms with van der Waals surface area (Å²) in [7, 11) is 0. The Morgan fingerprint density at radius 1 is 1.04 bits per heavy atom. The summed E-state index contributed by atoms with van der Waals surface area (Å²) in [5, 5.41) is 0. The Bertz CT molecular complexity index is 727. The molecule has 0 spiro atoms. The average Bonchev–Trinajstić information content (AvgIpc) is 3.10. The van der Waals surface area contributed by atoms with E-state index in [2.05, 4.69) is 36.1 Å². The van der Waals surface area contributed by atoms with Gasteiger partial charge in [0.1, 0.15) is 11.6 Å². The Kier molecular flexibility index (Phi) is 3.97. The molecule has 1 aliphatic heterocycles. The Labute approximate surface area is 142 Å². The summed E-state index contributed by atoms with van der Waals surface area (Å²) < 4.78 is 13.2. The highest BCUT2D eigenvalue weighted by Crippen LogP contribution is 2.48. The van der Waals surface area contributed by atoms with Crippen LogP contribution in [0.1, 0.15) is 24.0 Å². The number of carbonyl (C=O) groups is 1. The van der Waals surface area contributed by atoms with Crippen molar-refractivity contribution in [3.63, 3.8) is 0 Å². The van der Waals surface area contributed by atoms with E-state index in [0.717, 1.165) is 25.2 Å². The van der Waals surface area contributed by atoms with Crippen molar-refractivity contribution in [3.05, 3.63) is 71.5 Å². The van der Waals surface area contributed by atoms with E-state index in [1.807, 2.05) is 6.07 Å². The van der Waals surface area contributed by atoms with E-state index in [4.69, 9.17) is 0 Å². The van der Waals surface area contributed by atoms with Gasteiger partial charge in [-0.1, -0.05) is 49.4 Å². The third kappa shape index (κ3) is 2.67. The molecule has 0 N–H and O–H groups in total. The molecule has 1 heterocycles. The van der Waals surface area contributed by atoms with Gasteiger partial charge in [0.25, 0.3) is 0 Å². The summed E-state index contributed by atoms with van der Waals surface area (Å²) in [5.74, 6) is 0.879. The van der Waals surface area contributed by atoms with Gasteiger partial charge in [-0.25, -0.2) is 4.39 Å². The number of likely N-dealkylation sites (tertiary alicyclic amines) is 1. The van der Waals surface area contributed by atoms with Crippen molar-refractivity contribution in [2.24, 2.45) is 17.8 Å². The molecule has 0 bridgehead atoms. The van der Waals surface area contributed by atoms with E-state index >= 15 is 0 Å². The minimum atomic E-state index is -0.244. The van der Waals surface area contributed by atoms with Crippen LogP contribution in [0.3, 0.4) is 0 Å². The largest absolute Gasteiger partial charge is 0.299 e. The highest BCUT2D eigenvalue weighted by molar-refractivity contribution is 5.91. The molecule has 2 nitrogen and oxygen atoms in total. The normalized spacial score (nSPS) is 29.8. The predicted octanol–water partition coefficient (Wildman–Crippen LogP) is 3.88. The molecule has 0 amide bonds. The zero-order chi connectivity index (χ0) is 16.7. The lowest BCUT2D eigenvalue weighted by molar-refractivity contribution is -0.122. The number of hydrogen-bond acceptors (Lipinski definition) is 2. The standard InChI is InChI=1S/C21H22FNO/c1-14-18-12-23(11-15-5-3-2-4-6-15)13-19(18)21(24)20(14)16-7-9-17(22)10-8-16/h2-10,14,18-20H,11-13H2,1H3. The number of carbonyl (C=O) groups excluding carboxylic acids is 1. The number of benzene rings is 2. The third-order valence-corrected chi connectivity index (χ3v) is 5.79. The molecule has 2 aliphatic rings. The predicted molar refractivity (Wildman–Crippen MR) is 92.0 cm³/mol. The van der Waals surface area contributed by atoms with Crippen molar-refractivity contribution in [2.45, 2.75) is 19.4 Å². The third-order valence-electron chi connectivity index (χ3n) is 5.79. The van der Waals surface area contributed by atoms with Crippen LogP contribution in [0.5, 0.6) is 0 Å². The number of Topliss-reactive ketones (excluding diaryl/α,β-unsaturated/α-hetero) is 1. The van der Waals surface area contributed by atoms with Crippen molar-refractivity contribution >= 4 is 5.78 Å². The molecule has 4 atom stereocenters. The van der Waals surface area contributed by atoms with Crippen LogP contribution in [0.15, 0.2) is 54.6 Å². The summed E-state index contributed by atoms with van der Waals surface area (Å²) >= 11 is 0. The van der Waals surface area contributed by atoms with E-state index in [-0.39, 0.29) is 17.7 Å². The average molecular weight is 323 g/mol. The fraction of sp³-hybridized carbons (Fsp3) is 0.381. The zero-order valence-corrected chi connectivity index (χ0v) is 13.9. The Morgan fingerprint density at radius 3 is 2.42 bits per heavy atom. The van der Waals surface area contributed by atoms with E-state index in [9.17, 15) is 9.18 Å². The fourth-order valence-electron chi connectivity index (χ4n) is 4.59. The Hall–Kier alpha value is -2.00. The summed E-state index contributed by atoms with van der Waals surface area (Å²) in [4.78, 5) is 15.4. The van der Waals surface area contributed by atoms with Gasteiger partial charge in [-0.05, 0) is 35.1 Å². The van der Waals surface area contributed by atoms with Crippen LogP contribution in [-0.4, -0.2) is 23.8 Å². The van der Waals surface area contributed by atoms with Gasteiger partial charge in [0.2, 0.25) is 0 Å². The van der Waals surface area contributed by atoms with Gasteiger partial charge in [-0.15, -0.1) is 0 Å². The van der Waals surface area contributed by atoms with E-state index in [1.165, 1.54) is 17.7 Å². The fourth-order valence-corrected chi connectivity index (χ4v) is 4.59. The first-order chi connectivity index (χ1) is 11.6. The first kappa shape index (κ1) is 15.5. The number of hydrogen-bond donors (Lipinski definition) is 0. The van der Waals surface area contributed by atoms with Crippen LogP contribution in [0.2, 0.25) is 0 Å². The maximum atomic E-state index is 13.2. The molecule has 2 aromatic rings. The molecular weight excluding hydrogens is 301 g/mol. The lowest BCUT2D eigenvalue weighted by atomic mass is 9.86. The molecule has 0 aromatic heterocycles. The van der Waals surface area contributed by atoms with Gasteiger partial charge >= 0.3 is 0 Å². The number of ketones is 1. The van der Waals surface area contributed by atoms with Gasteiger partial charge < -0.3 is 0 Å². The van der Waals surface area contributed by atoms with E-state index < -0.39 is 0 Å². The summed E-state index contributed by atoms with van der Waals surface area (Å²) in [5.41, 5.74) is 2.27. The number of halogens is 1. The van der Waals surface area contributed by atoms with E-state index in [1.54, 1.807) is 12.1 Å². The molecule has 4 unspecified atom stereocenters. The van der Waals surface area contributed by atoms with Crippen LogP contribution < -0.4 is 0 Å². The van der Waals surface area contributed by atoms with Crippen molar-refractivity contribution in [1.82, 2.24) is 4.90 Å². The second-order valence-electron chi connectivity index (χ2n) is 7.24. The number of rotatable bonds is 3. The lowest BCUT2D eigenvalue weighted by Crippen LogP contribution is -2.26. The first-order valence-corrected chi connectivity index (χ1v) is 8.69. The van der Waals surface area contributed by atoms with Gasteiger partial charge in [-0.2, -0.15) is 0 Å². The second-order valence-corrected chi connectivity index (χ2v) is 7.24. The maximum Gasteiger partial charge on any atom is 0.145 e. The first-order valence-electron chi connectivity index (χ1n) is 8.69.